The Morgan fingerprint density at radius 3 is 2.32 bits per heavy atom. The predicted molar refractivity (Wildman–Crippen MR) is 128 cm³/mol. The van der Waals surface area contributed by atoms with Gasteiger partial charge in [-0.1, -0.05) is 32.1 Å². The molecule has 2 heterocycles. The zero-order valence-corrected chi connectivity index (χ0v) is 21.2. The topological polar surface area (TPSA) is 104 Å². The van der Waals surface area contributed by atoms with Crippen LogP contribution < -0.4 is 10.6 Å². The van der Waals surface area contributed by atoms with E-state index in [-0.39, 0.29) is 23.3 Å². The normalized spacial score (nSPS) is 40.1. The summed E-state index contributed by atoms with van der Waals surface area (Å²) in [4.78, 5) is 39.9. The van der Waals surface area contributed by atoms with Gasteiger partial charge in [0.1, 0.15) is 17.1 Å². The van der Waals surface area contributed by atoms with Crippen LogP contribution in [-0.2, 0) is 15.0 Å². The van der Waals surface area contributed by atoms with E-state index >= 15 is 0 Å². The maximum Gasteiger partial charge on any atom is 0.325 e. The predicted octanol–water partition coefficient (Wildman–Crippen LogP) is 4.08. The average molecular weight is 486 g/mol. The Morgan fingerprint density at radius 1 is 1.06 bits per heavy atom. The van der Waals surface area contributed by atoms with Crippen LogP contribution in [0.25, 0.3) is 0 Å². The summed E-state index contributed by atoms with van der Waals surface area (Å²) in [6.07, 6.45) is 9.91. The van der Waals surface area contributed by atoms with E-state index in [4.69, 9.17) is 0 Å². The molecule has 0 radical (unpaired) electrons. The van der Waals surface area contributed by atoms with Crippen molar-refractivity contribution in [1.29, 1.82) is 0 Å². The molecule has 6 aliphatic rings. The van der Waals surface area contributed by atoms with E-state index in [1.807, 2.05) is 0 Å². The summed E-state index contributed by atoms with van der Waals surface area (Å²) in [6, 6.07) is -0.475. The van der Waals surface area contributed by atoms with Crippen molar-refractivity contribution in [2.75, 3.05) is 11.9 Å². The van der Waals surface area contributed by atoms with Crippen LogP contribution in [0.4, 0.5) is 9.93 Å². The van der Waals surface area contributed by atoms with Crippen molar-refractivity contribution in [1.82, 2.24) is 20.4 Å². The fourth-order valence-electron chi connectivity index (χ4n) is 8.81. The minimum Gasteiger partial charge on any atom is -0.323 e. The van der Waals surface area contributed by atoms with Gasteiger partial charge in [0.2, 0.25) is 11.0 Å². The molecule has 8 nitrogen and oxygen atoms in total. The Hall–Kier alpha value is -2.03. The first kappa shape index (κ1) is 22.4. The van der Waals surface area contributed by atoms with Crippen LogP contribution in [-0.4, -0.2) is 45.0 Å². The fourth-order valence-corrected chi connectivity index (χ4v) is 9.79. The molecule has 7 rings (SSSR count). The first-order valence-electron chi connectivity index (χ1n) is 12.8. The Morgan fingerprint density at radius 2 is 1.71 bits per heavy atom. The lowest BCUT2D eigenvalue weighted by molar-refractivity contribution is -0.136. The van der Waals surface area contributed by atoms with Gasteiger partial charge in [-0.2, -0.15) is 0 Å². The molecule has 1 spiro atoms. The molecule has 5 aliphatic carbocycles. The third kappa shape index (κ3) is 3.65. The SMILES string of the molecule is C[C@@H]1CC(C)(C)C[C@]2(C1)NC(=O)N(CC(=O)Nc1nnc(C34CC5CC(CC(C5)C3)C4)s1)C2=O. The van der Waals surface area contributed by atoms with E-state index in [1.165, 1.54) is 49.9 Å². The van der Waals surface area contributed by atoms with E-state index in [1.54, 1.807) is 0 Å². The van der Waals surface area contributed by atoms with Crippen molar-refractivity contribution in [3.05, 3.63) is 5.01 Å². The van der Waals surface area contributed by atoms with Gasteiger partial charge in [-0.05, 0) is 86.9 Å². The van der Waals surface area contributed by atoms with Crippen LogP contribution in [0.1, 0.15) is 83.6 Å². The van der Waals surface area contributed by atoms with Gasteiger partial charge >= 0.3 is 6.03 Å². The molecular formula is C25H35N5O3S. The third-order valence-electron chi connectivity index (χ3n) is 9.09. The quantitative estimate of drug-likeness (QED) is 0.626. The maximum absolute atomic E-state index is 13.3. The first-order chi connectivity index (χ1) is 16.0. The number of amides is 4. The molecule has 34 heavy (non-hydrogen) atoms. The van der Waals surface area contributed by atoms with Gasteiger partial charge in [-0.15, -0.1) is 10.2 Å². The third-order valence-corrected chi connectivity index (χ3v) is 10.2. The summed E-state index contributed by atoms with van der Waals surface area (Å²) in [5.41, 5.74) is -0.802. The minimum absolute atomic E-state index is 0.0426. The summed E-state index contributed by atoms with van der Waals surface area (Å²) in [7, 11) is 0. The second kappa shape index (κ2) is 7.48. The van der Waals surface area contributed by atoms with Gasteiger partial charge in [0.25, 0.3) is 5.91 Å². The Bertz CT molecular complexity index is 1020. The molecule has 1 aliphatic heterocycles. The van der Waals surface area contributed by atoms with Gasteiger partial charge in [0.05, 0.1) is 0 Å². The largest absolute Gasteiger partial charge is 0.325 e. The van der Waals surface area contributed by atoms with E-state index in [2.05, 4.69) is 41.6 Å². The van der Waals surface area contributed by atoms with Crippen LogP contribution in [0.15, 0.2) is 0 Å². The van der Waals surface area contributed by atoms with Crippen LogP contribution in [0, 0.1) is 29.1 Å². The molecule has 1 aromatic rings. The first-order valence-corrected chi connectivity index (χ1v) is 13.6. The van der Waals surface area contributed by atoms with Crippen LogP contribution >= 0.6 is 11.3 Å². The summed E-state index contributed by atoms with van der Waals surface area (Å²) in [5.74, 6) is 2.08. The average Bonchev–Trinajstić information content (AvgIpc) is 3.25. The minimum atomic E-state index is -0.896. The molecule has 6 fully saturated rings. The highest BCUT2D eigenvalue weighted by atomic mass is 32.1. The summed E-state index contributed by atoms with van der Waals surface area (Å²) in [5, 5.41) is 16.0. The number of nitrogens with one attached hydrogen (secondary N) is 2. The second-order valence-electron chi connectivity index (χ2n) is 12.9. The number of imide groups is 1. The zero-order chi connectivity index (χ0) is 23.9. The summed E-state index contributed by atoms with van der Waals surface area (Å²) < 4.78 is 0. The van der Waals surface area contributed by atoms with Crippen molar-refractivity contribution in [3.63, 3.8) is 0 Å². The number of hydrogen-bond donors (Lipinski definition) is 2. The van der Waals surface area contributed by atoms with Crippen molar-refractivity contribution >= 4 is 34.3 Å². The van der Waals surface area contributed by atoms with E-state index in [0.717, 1.165) is 34.1 Å². The number of carbonyl (C=O) groups is 3. The van der Waals surface area contributed by atoms with Crippen molar-refractivity contribution in [3.8, 4) is 0 Å². The van der Waals surface area contributed by atoms with E-state index in [9.17, 15) is 14.4 Å². The monoisotopic (exact) mass is 485 g/mol. The lowest BCUT2D eigenvalue weighted by Gasteiger charge is -2.55. The number of rotatable bonds is 4. The number of hydrogen-bond acceptors (Lipinski definition) is 6. The molecule has 184 valence electrons. The van der Waals surface area contributed by atoms with E-state index < -0.39 is 17.5 Å². The number of nitrogens with zero attached hydrogens (tertiary/aromatic N) is 3. The molecular weight excluding hydrogens is 450 g/mol. The summed E-state index contributed by atoms with van der Waals surface area (Å²) in [6.45, 7) is 6.09. The second-order valence-corrected chi connectivity index (χ2v) is 13.9. The van der Waals surface area contributed by atoms with Gasteiger partial charge < -0.3 is 5.32 Å². The van der Waals surface area contributed by atoms with Crippen LogP contribution in [0.2, 0.25) is 0 Å². The molecule has 2 atom stereocenters. The van der Waals surface area contributed by atoms with Gasteiger partial charge in [0.15, 0.2) is 0 Å². The summed E-state index contributed by atoms with van der Waals surface area (Å²) >= 11 is 1.47. The van der Waals surface area contributed by atoms with Gasteiger partial charge in [-0.25, -0.2) is 4.79 Å². The molecule has 4 bridgehead atoms. The fraction of sp³-hybridized carbons (Fsp3) is 0.800. The molecule has 4 amide bonds. The molecule has 0 aromatic carbocycles. The van der Waals surface area contributed by atoms with Gasteiger partial charge in [-0.3, -0.25) is 19.8 Å². The standard InChI is InChI=1S/C25H35N5O3S/c1-14-7-23(2,3)13-25(8-14)20(32)30(22(33)27-25)12-18(31)26-21-29-28-19(34-21)24-9-15-4-16(10-24)6-17(5-15)11-24/h14-17H,4-13H2,1-3H3,(H,27,33)(H,26,29,31)/t14-,15?,16?,17?,24?,25+/m1/s1. The maximum atomic E-state index is 13.3. The molecule has 1 aromatic heterocycles. The number of carbonyl (C=O) groups excluding carboxylic acids is 3. The Balaban J connectivity index is 1.13. The number of aromatic nitrogens is 2. The highest BCUT2D eigenvalue weighted by molar-refractivity contribution is 7.15. The molecule has 2 N–H and O–H groups in total. The van der Waals surface area contributed by atoms with Crippen molar-refractivity contribution in [2.45, 2.75) is 89.5 Å². The van der Waals surface area contributed by atoms with Crippen LogP contribution in [0.3, 0.4) is 0 Å². The zero-order valence-electron chi connectivity index (χ0n) is 20.4. The van der Waals surface area contributed by atoms with E-state index in [0.29, 0.717) is 23.9 Å². The molecule has 0 unspecified atom stereocenters. The highest BCUT2D eigenvalue weighted by Crippen LogP contribution is 2.61. The van der Waals surface area contributed by atoms with Crippen molar-refractivity contribution in [2.24, 2.45) is 29.1 Å². The number of urea groups is 1. The lowest BCUT2D eigenvalue weighted by atomic mass is 9.50. The highest BCUT2D eigenvalue weighted by Gasteiger charge is 2.56. The Labute approximate surface area is 204 Å². The molecule has 1 saturated heterocycles. The molecule has 9 heteroatoms. The molecule has 5 saturated carbocycles. The number of anilines is 1. The van der Waals surface area contributed by atoms with Crippen LogP contribution in [0.5, 0.6) is 0 Å². The Kier molecular flexibility index (Phi) is 4.94. The van der Waals surface area contributed by atoms with Gasteiger partial charge in [0, 0.05) is 5.41 Å². The lowest BCUT2D eigenvalue weighted by Crippen LogP contribution is -2.54. The smallest absolute Gasteiger partial charge is 0.323 e. The van der Waals surface area contributed by atoms with Crippen molar-refractivity contribution < 1.29 is 14.4 Å².